The van der Waals surface area contributed by atoms with Crippen molar-refractivity contribution in [1.82, 2.24) is 15.6 Å². The van der Waals surface area contributed by atoms with Gasteiger partial charge in [0.05, 0.1) is 0 Å². The first kappa shape index (κ1) is 23.9. The van der Waals surface area contributed by atoms with Crippen LogP contribution >= 0.6 is 47.1 Å². The number of aliphatic imine (C=N–C) groups is 1. The average molecular weight is 514 g/mol. The monoisotopic (exact) mass is 514 g/mol. The third kappa shape index (κ3) is 10.9. The van der Waals surface area contributed by atoms with E-state index in [0.29, 0.717) is 5.92 Å². The third-order valence-electron chi connectivity index (χ3n) is 3.92. The highest BCUT2D eigenvalue weighted by molar-refractivity contribution is 14.0. The zero-order valence-corrected chi connectivity index (χ0v) is 19.4. The molecule has 1 aromatic heterocycles. The minimum Gasteiger partial charge on any atom is -0.381 e. The molecule has 0 atom stereocenters. The van der Waals surface area contributed by atoms with Crippen molar-refractivity contribution in [3.8, 4) is 0 Å². The highest BCUT2D eigenvalue weighted by atomic mass is 127. The lowest BCUT2D eigenvalue weighted by Gasteiger charge is -2.21. The first-order chi connectivity index (χ1) is 12.4. The van der Waals surface area contributed by atoms with Crippen molar-refractivity contribution >= 4 is 53.0 Å². The van der Waals surface area contributed by atoms with E-state index < -0.39 is 0 Å². The van der Waals surface area contributed by atoms with Crippen LogP contribution in [-0.4, -0.2) is 63.3 Å². The molecule has 0 radical (unpaired) electrons. The minimum absolute atomic E-state index is 0. The lowest BCUT2D eigenvalue weighted by Crippen LogP contribution is -2.38. The van der Waals surface area contributed by atoms with Gasteiger partial charge in [-0.25, -0.2) is 4.98 Å². The molecular weight excluding hydrogens is 483 g/mol. The summed E-state index contributed by atoms with van der Waals surface area (Å²) in [6, 6.07) is 0. The van der Waals surface area contributed by atoms with E-state index in [9.17, 15) is 0 Å². The van der Waals surface area contributed by atoms with Crippen LogP contribution in [-0.2, 0) is 9.47 Å². The molecule has 1 saturated heterocycles. The van der Waals surface area contributed by atoms with Crippen molar-refractivity contribution in [2.45, 2.75) is 30.0 Å². The number of nitrogens with one attached hydrogen (secondary N) is 2. The molecule has 0 aromatic carbocycles. The van der Waals surface area contributed by atoms with Gasteiger partial charge in [0.1, 0.15) is 4.34 Å². The number of nitrogens with zero attached hydrogens (tertiary/aromatic N) is 2. The maximum absolute atomic E-state index is 5.77. The quantitative estimate of drug-likeness (QED) is 0.155. The van der Waals surface area contributed by atoms with Gasteiger partial charge in [-0.15, -0.1) is 35.3 Å². The van der Waals surface area contributed by atoms with E-state index >= 15 is 0 Å². The van der Waals surface area contributed by atoms with Gasteiger partial charge < -0.3 is 20.1 Å². The fraction of sp³-hybridized carbons (Fsp3) is 0.765. The molecule has 0 aliphatic carbocycles. The number of aromatic nitrogens is 1. The van der Waals surface area contributed by atoms with Crippen molar-refractivity contribution in [3.63, 3.8) is 0 Å². The summed E-state index contributed by atoms with van der Waals surface area (Å²) in [7, 11) is 1.81. The topological polar surface area (TPSA) is 67.8 Å². The van der Waals surface area contributed by atoms with Gasteiger partial charge in [0, 0.05) is 63.9 Å². The standard InChI is InChI=1S/C17H30N4O2S2.HI/c1-18-16(20-7-3-12-24-17-21-8-13-25-17)19-6-2-9-23-14-15-4-10-22-11-5-15;/h8,13,15H,2-7,9-12,14H2,1H3,(H2,18,19,20);1H. The summed E-state index contributed by atoms with van der Waals surface area (Å²) in [5.41, 5.74) is 0. The Balaban J connectivity index is 0.00000338. The molecule has 0 unspecified atom stereocenters. The summed E-state index contributed by atoms with van der Waals surface area (Å²) < 4.78 is 12.3. The lowest BCUT2D eigenvalue weighted by molar-refractivity contribution is 0.0203. The summed E-state index contributed by atoms with van der Waals surface area (Å²) in [4.78, 5) is 8.52. The normalized spacial score (nSPS) is 15.5. The van der Waals surface area contributed by atoms with Gasteiger partial charge in [-0.05, 0) is 31.6 Å². The number of hydrogen-bond donors (Lipinski definition) is 2. The predicted molar refractivity (Wildman–Crippen MR) is 121 cm³/mol. The van der Waals surface area contributed by atoms with Crippen LogP contribution in [0.15, 0.2) is 20.9 Å². The first-order valence-corrected chi connectivity index (χ1v) is 10.9. The second-order valence-corrected chi connectivity index (χ2v) is 8.15. The second kappa shape index (κ2) is 15.9. The highest BCUT2D eigenvalue weighted by Crippen LogP contribution is 2.20. The van der Waals surface area contributed by atoms with Gasteiger partial charge in [-0.2, -0.15) is 0 Å². The van der Waals surface area contributed by atoms with Crippen LogP contribution in [0.25, 0.3) is 0 Å². The molecule has 0 amide bonds. The van der Waals surface area contributed by atoms with E-state index in [2.05, 4.69) is 20.6 Å². The van der Waals surface area contributed by atoms with Crippen LogP contribution < -0.4 is 10.6 Å². The van der Waals surface area contributed by atoms with Crippen molar-refractivity contribution in [1.29, 1.82) is 0 Å². The number of thiazole rings is 1. The molecule has 9 heteroatoms. The smallest absolute Gasteiger partial charge is 0.190 e. The highest BCUT2D eigenvalue weighted by Gasteiger charge is 2.13. The molecule has 0 spiro atoms. The minimum atomic E-state index is 0. The Labute approximate surface area is 182 Å². The average Bonchev–Trinajstić information content (AvgIpc) is 3.17. The molecule has 26 heavy (non-hydrogen) atoms. The Kier molecular flexibility index (Phi) is 14.6. The van der Waals surface area contributed by atoms with Crippen molar-refractivity contribution < 1.29 is 9.47 Å². The molecule has 0 saturated carbocycles. The number of rotatable bonds is 11. The van der Waals surface area contributed by atoms with Gasteiger partial charge >= 0.3 is 0 Å². The maximum Gasteiger partial charge on any atom is 0.190 e. The van der Waals surface area contributed by atoms with Gasteiger partial charge in [0.2, 0.25) is 0 Å². The number of hydrogen-bond acceptors (Lipinski definition) is 6. The van der Waals surface area contributed by atoms with Crippen molar-refractivity contribution in [2.24, 2.45) is 10.9 Å². The Bertz CT molecular complexity index is 471. The van der Waals surface area contributed by atoms with E-state index in [0.717, 1.165) is 81.3 Å². The lowest BCUT2D eigenvalue weighted by atomic mass is 10.0. The Morgan fingerprint density at radius 1 is 1.35 bits per heavy atom. The van der Waals surface area contributed by atoms with E-state index in [-0.39, 0.29) is 24.0 Å². The maximum atomic E-state index is 5.77. The zero-order chi connectivity index (χ0) is 17.6. The summed E-state index contributed by atoms with van der Waals surface area (Å²) in [5, 5.41) is 8.69. The Morgan fingerprint density at radius 2 is 2.12 bits per heavy atom. The number of ether oxygens (including phenoxy) is 2. The van der Waals surface area contributed by atoms with Crippen LogP contribution in [0.3, 0.4) is 0 Å². The van der Waals surface area contributed by atoms with Gasteiger partial charge in [-0.1, -0.05) is 11.8 Å². The largest absolute Gasteiger partial charge is 0.381 e. The molecule has 2 N–H and O–H groups in total. The fourth-order valence-electron chi connectivity index (χ4n) is 2.48. The van der Waals surface area contributed by atoms with Crippen LogP contribution in [0.2, 0.25) is 0 Å². The van der Waals surface area contributed by atoms with Gasteiger partial charge in [0.15, 0.2) is 5.96 Å². The third-order valence-corrected chi connectivity index (χ3v) is 5.98. The molecule has 0 bridgehead atoms. The SMILES string of the molecule is CN=C(NCCCOCC1CCOCC1)NCCCSc1nccs1.I. The molecule has 1 aliphatic rings. The molecular formula is C17H31IN4O2S2. The number of guanidine groups is 1. The first-order valence-electron chi connectivity index (χ1n) is 9.01. The molecule has 6 nitrogen and oxygen atoms in total. The summed E-state index contributed by atoms with van der Waals surface area (Å²) in [6.07, 6.45) is 6.19. The van der Waals surface area contributed by atoms with Crippen LogP contribution in [0.1, 0.15) is 25.7 Å². The molecule has 2 heterocycles. The Hall–Kier alpha value is -0.100. The van der Waals surface area contributed by atoms with Gasteiger partial charge in [-0.3, -0.25) is 4.99 Å². The molecule has 1 aromatic rings. The predicted octanol–water partition coefficient (Wildman–Crippen LogP) is 3.24. The van der Waals surface area contributed by atoms with Crippen molar-refractivity contribution in [2.75, 3.05) is 52.3 Å². The second-order valence-electron chi connectivity index (χ2n) is 5.91. The van der Waals surface area contributed by atoms with Crippen molar-refractivity contribution in [3.05, 3.63) is 11.6 Å². The summed E-state index contributed by atoms with van der Waals surface area (Å²) in [5.74, 6) is 2.61. The van der Waals surface area contributed by atoms with E-state index in [1.165, 1.54) is 0 Å². The summed E-state index contributed by atoms with van der Waals surface area (Å²) in [6.45, 7) is 5.23. The zero-order valence-electron chi connectivity index (χ0n) is 15.4. The van der Waals surface area contributed by atoms with Crippen LogP contribution in [0.4, 0.5) is 0 Å². The van der Waals surface area contributed by atoms with Crippen LogP contribution in [0.5, 0.6) is 0 Å². The molecule has 2 rings (SSSR count). The van der Waals surface area contributed by atoms with Crippen LogP contribution in [0, 0.1) is 5.92 Å². The number of halogens is 1. The molecule has 150 valence electrons. The number of thioether (sulfide) groups is 1. The van der Waals surface area contributed by atoms with E-state index in [1.807, 2.05) is 23.3 Å². The molecule has 1 fully saturated rings. The Morgan fingerprint density at radius 3 is 2.81 bits per heavy atom. The summed E-state index contributed by atoms with van der Waals surface area (Å²) >= 11 is 3.50. The molecule has 1 aliphatic heterocycles. The van der Waals surface area contributed by atoms with E-state index in [1.54, 1.807) is 18.4 Å². The van der Waals surface area contributed by atoms with Gasteiger partial charge in [0.25, 0.3) is 0 Å². The fourth-order valence-corrected chi connectivity index (χ4v) is 4.13. The van der Waals surface area contributed by atoms with E-state index in [4.69, 9.17) is 9.47 Å².